The third-order valence-electron chi connectivity index (χ3n) is 3.92. The number of nitrogens with one attached hydrogen (secondary N) is 1. The molecule has 1 fully saturated rings. The van der Waals surface area contributed by atoms with Gasteiger partial charge in [0.2, 0.25) is 11.7 Å². The van der Waals surface area contributed by atoms with Crippen molar-refractivity contribution >= 4 is 17.1 Å². The number of nitrogens with zero attached hydrogens (tertiary/aromatic N) is 3. The lowest BCUT2D eigenvalue weighted by Crippen LogP contribution is -2.47. The van der Waals surface area contributed by atoms with Crippen molar-refractivity contribution in [2.24, 2.45) is 7.05 Å². The summed E-state index contributed by atoms with van der Waals surface area (Å²) < 4.78 is 14.3. The Bertz CT molecular complexity index is 854. The van der Waals surface area contributed by atoms with Gasteiger partial charge in [-0.05, 0) is 0 Å². The van der Waals surface area contributed by atoms with Crippen LogP contribution in [0.15, 0.2) is 11.1 Å². The fourth-order valence-corrected chi connectivity index (χ4v) is 2.87. The number of aromatic amines is 1. The van der Waals surface area contributed by atoms with Crippen molar-refractivity contribution in [3.05, 3.63) is 16.7 Å². The van der Waals surface area contributed by atoms with Crippen molar-refractivity contribution in [1.82, 2.24) is 14.5 Å². The van der Waals surface area contributed by atoms with Crippen molar-refractivity contribution < 1.29 is 24.3 Å². The number of nitrogens with two attached hydrogens (primary N) is 1. The van der Waals surface area contributed by atoms with E-state index in [1.54, 1.807) is 17.9 Å². The molecule has 10 heteroatoms. The maximum absolute atomic E-state index is 12.1. The topological polar surface area (TPSA) is 140 Å². The van der Waals surface area contributed by atoms with Crippen molar-refractivity contribution in [3.63, 3.8) is 0 Å². The summed E-state index contributed by atoms with van der Waals surface area (Å²) in [6, 6.07) is 0. The summed E-state index contributed by atoms with van der Waals surface area (Å²) in [7, 11) is 1.66. The molecule has 24 heavy (non-hydrogen) atoms. The van der Waals surface area contributed by atoms with E-state index in [1.807, 2.05) is 0 Å². The smallest absolute Gasteiger partial charge is 0.313 e. The van der Waals surface area contributed by atoms with Crippen molar-refractivity contribution in [1.29, 1.82) is 0 Å². The largest absolute Gasteiger partial charge is 0.394 e. The number of rotatable bonds is 4. The summed E-state index contributed by atoms with van der Waals surface area (Å²) in [5.41, 5.74) is 5.76. The van der Waals surface area contributed by atoms with Crippen LogP contribution in [0.4, 0.5) is 5.95 Å². The molecular formula is C14H18N5O5+. The van der Waals surface area contributed by atoms with Crippen molar-refractivity contribution in [2.45, 2.75) is 24.5 Å². The molecule has 5 N–H and O–H groups in total. The molecule has 0 saturated carbocycles. The average molecular weight is 336 g/mol. The highest BCUT2D eigenvalue weighted by molar-refractivity contribution is 5.67. The van der Waals surface area contributed by atoms with Crippen LogP contribution in [0.1, 0.15) is 6.23 Å². The number of H-pyrrole nitrogens is 1. The number of anilines is 1. The van der Waals surface area contributed by atoms with Gasteiger partial charge in [0, 0.05) is 0 Å². The number of aryl methyl sites for hydroxylation is 1. The zero-order valence-electron chi connectivity index (χ0n) is 12.9. The number of ether oxygens (including phenoxy) is 2. The number of imidazole rings is 1. The Morgan fingerprint density at radius 2 is 2.42 bits per heavy atom. The number of aromatic nitrogens is 4. The first-order valence-corrected chi connectivity index (χ1v) is 7.23. The molecule has 1 aliphatic rings. The number of fused-ring (bicyclic) bond motifs is 1. The molecule has 0 radical (unpaired) electrons. The van der Waals surface area contributed by atoms with Crippen LogP contribution >= 0.6 is 0 Å². The molecule has 0 bridgehead atoms. The molecule has 0 spiro atoms. The van der Waals surface area contributed by atoms with E-state index >= 15 is 0 Å². The Hall–Kier alpha value is -2.45. The van der Waals surface area contributed by atoms with Crippen LogP contribution in [0, 0.1) is 12.3 Å². The molecule has 0 aromatic carbocycles. The summed E-state index contributed by atoms with van der Waals surface area (Å²) in [5, 5.41) is 19.6. The van der Waals surface area contributed by atoms with Gasteiger partial charge < -0.3 is 25.4 Å². The molecule has 2 aromatic rings. The van der Waals surface area contributed by atoms with Gasteiger partial charge in [0.15, 0.2) is 6.33 Å². The molecule has 0 amide bonds. The van der Waals surface area contributed by atoms with E-state index in [9.17, 15) is 15.0 Å². The van der Waals surface area contributed by atoms with Crippen LogP contribution in [0.2, 0.25) is 0 Å². The highest BCUT2D eigenvalue weighted by Gasteiger charge is 2.48. The number of nitrogen functional groups attached to an aromatic ring is 1. The second kappa shape index (κ2) is 6.21. The molecular weight excluding hydrogens is 318 g/mol. The van der Waals surface area contributed by atoms with Crippen LogP contribution in [-0.2, 0) is 16.5 Å². The van der Waals surface area contributed by atoms with Gasteiger partial charge in [0.1, 0.15) is 24.9 Å². The molecule has 1 saturated heterocycles. The second-order valence-electron chi connectivity index (χ2n) is 5.48. The number of hydrogen-bond donors (Lipinski definition) is 4. The zero-order valence-corrected chi connectivity index (χ0v) is 12.9. The van der Waals surface area contributed by atoms with Gasteiger partial charge in [0.25, 0.3) is 11.5 Å². The molecule has 3 rings (SSSR count). The molecule has 10 nitrogen and oxygen atoms in total. The maximum Gasteiger partial charge on any atom is 0.313 e. The second-order valence-corrected chi connectivity index (χ2v) is 5.48. The summed E-state index contributed by atoms with van der Waals surface area (Å²) in [6.45, 7) is -0.434. The lowest BCUT2D eigenvalue weighted by Gasteiger charge is -2.18. The Morgan fingerprint density at radius 3 is 3.08 bits per heavy atom. The Labute approximate surface area is 136 Å². The Morgan fingerprint density at radius 1 is 1.67 bits per heavy atom. The van der Waals surface area contributed by atoms with Gasteiger partial charge in [-0.2, -0.15) is 0 Å². The summed E-state index contributed by atoms with van der Waals surface area (Å²) in [4.78, 5) is 18.6. The van der Waals surface area contributed by atoms with Gasteiger partial charge in [-0.15, -0.1) is 6.42 Å². The molecule has 4 atom stereocenters. The average Bonchev–Trinajstić information content (AvgIpc) is 3.02. The zero-order chi connectivity index (χ0) is 17.4. The summed E-state index contributed by atoms with van der Waals surface area (Å²) in [5.74, 6) is 2.27. The van der Waals surface area contributed by atoms with E-state index in [1.165, 1.54) is 4.57 Å². The molecule has 1 aliphatic heterocycles. The highest BCUT2D eigenvalue weighted by Crippen LogP contribution is 2.28. The quantitative estimate of drug-likeness (QED) is 0.354. The molecule has 2 aromatic heterocycles. The summed E-state index contributed by atoms with van der Waals surface area (Å²) in [6.07, 6.45) is 3.18. The minimum Gasteiger partial charge on any atom is -0.394 e. The Balaban J connectivity index is 2.11. The first kappa shape index (κ1) is 16.4. The standard InChI is InChI=1S/C14H17N5O5/c1-3-4-23-10-9(21)7(5-20)24-13(10)19-6-18(2)8-11(19)16-14(15)17-12(8)22/h1,6-7,9-10,13,20-21H,4-5H2,2H3,(H2-,15,16,17,22)/p+1/t7-,9-,10-,13-/m1/s1. The van der Waals surface area contributed by atoms with Crippen LogP contribution < -0.4 is 15.9 Å². The Kier molecular flexibility index (Phi) is 4.25. The first-order chi connectivity index (χ1) is 11.5. The van der Waals surface area contributed by atoms with E-state index in [2.05, 4.69) is 15.9 Å². The van der Waals surface area contributed by atoms with Gasteiger partial charge >= 0.3 is 5.65 Å². The van der Waals surface area contributed by atoms with Crippen LogP contribution in [0.5, 0.6) is 0 Å². The van der Waals surface area contributed by atoms with E-state index < -0.39 is 36.7 Å². The first-order valence-electron chi connectivity index (χ1n) is 7.23. The number of aliphatic hydroxyl groups excluding tert-OH is 2. The number of aliphatic hydroxyl groups is 2. The van der Waals surface area contributed by atoms with Crippen molar-refractivity contribution in [2.75, 3.05) is 18.9 Å². The predicted molar refractivity (Wildman–Crippen MR) is 81.5 cm³/mol. The van der Waals surface area contributed by atoms with Crippen molar-refractivity contribution in [3.8, 4) is 12.3 Å². The summed E-state index contributed by atoms with van der Waals surface area (Å²) >= 11 is 0. The molecule has 0 aliphatic carbocycles. The molecule has 128 valence electrons. The van der Waals surface area contributed by atoms with E-state index in [-0.39, 0.29) is 23.7 Å². The van der Waals surface area contributed by atoms with E-state index in [4.69, 9.17) is 21.6 Å². The van der Waals surface area contributed by atoms with Crippen LogP contribution in [0.25, 0.3) is 11.2 Å². The van der Waals surface area contributed by atoms with Crippen LogP contribution in [0.3, 0.4) is 0 Å². The van der Waals surface area contributed by atoms with Gasteiger partial charge in [-0.1, -0.05) is 10.9 Å². The predicted octanol–water partition coefficient (Wildman–Crippen LogP) is -2.60. The fourth-order valence-electron chi connectivity index (χ4n) is 2.87. The monoisotopic (exact) mass is 336 g/mol. The lowest BCUT2D eigenvalue weighted by atomic mass is 10.1. The van der Waals surface area contributed by atoms with E-state index in [0.717, 1.165) is 0 Å². The maximum atomic E-state index is 12.1. The van der Waals surface area contributed by atoms with Gasteiger partial charge in [-0.3, -0.25) is 14.3 Å². The minimum atomic E-state index is -1.09. The third kappa shape index (κ3) is 2.53. The molecule has 0 unspecified atom stereocenters. The molecule has 3 heterocycles. The normalized spacial score (nSPS) is 26.8. The SMILES string of the molecule is C#CCO[C@@H]1[C@H](O)[C@@H](CO)O[C@H]1[n+]1cn(C)c2c(=O)[nH]c(N)nc21. The van der Waals surface area contributed by atoms with E-state index in [0.29, 0.717) is 0 Å². The van der Waals surface area contributed by atoms with Gasteiger partial charge in [-0.25, -0.2) is 4.57 Å². The lowest BCUT2D eigenvalue weighted by molar-refractivity contribution is -0.746. The third-order valence-corrected chi connectivity index (χ3v) is 3.92. The minimum absolute atomic E-state index is 0.0405. The number of hydrogen-bond acceptors (Lipinski definition) is 7. The fraction of sp³-hybridized carbons (Fsp3) is 0.500. The highest BCUT2D eigenvalue weighted by atomic mass is 16.6. The van der Waals surface area contributed by atoms with Crippen LogP contribution in [-0.4, -0.2) is 56.3 Å². The van der Waals surface area contributed by atoms with Gasteiger partial charge in [0.05, 0.1) is 13.7 Å². The number of terminal acetylenes is 1.